The number of rotatable bonds is 6. The molecule has 0 saturated heterocycles. The first-order chi connectivity index (χ1) is 8.80. The number of benzene rings is 1. The van der Waals surface area contributed by atoms with Crippen LogP contribution in [0.3, 0.4) is 0 Å². The van der Waals surface area contributed by atoms with Gasteiger partial charge in [-0.2, -0.15) is 13.2 Å². The lowest BCUT2D eigenvalue weighted by Crippen LogP contribution is -2.15. The fraction of sp³-hybridized carbons (Fsp3) is 0.385. The highest BCUT2D eigenvalue weighted by Gasteiger charge is 2.33. The summed E-state index contributed by atoms with van der Waals surface area (Å²) in [5, 5.41) is 2.69. The zero-order chi connectivity index (χ0) is 14.5. The van der Waals surface area contributed by atoms with Crippen LogP contribution in [0.25, 0.3) is 0 Å². The first-order valence-electron chi connectivity index (χ1n) is 5.73. The van der Waals surface area contributed by atoms with Gasteiger partial charge in [0.1, 0.15) is 0 Å². The Hall–Kier alpha value is -1.69. The molecule has 0 unspecified atom stereocenters. The van der Waals surface area contributed by atoms with E-state index in [-0.39, 0.29) is 17.9 Å². The van der Waals surface area contributed by atoms with E-state index < -0.39 is 11.7 Å². The number of nitrogens with two attached hydrogens (primary N) is 1. The Kier molecular flexibility index (Phi) is 5.23. The number of ether oxygens (including phenoxy) is 1. The summed E-state index contributed by atoms with van der Waals surface area (Å²) in [6.45, 7) is 6.45. The van der Waals surface area contributed by atoms with Gasteiger partial charge in [-0.15, -0.1) is 0 Å². The fourth-order valence-corrected chi connectivity index (χ4v) is 1.45. The molecule has 0 spiro atoms. The third-order valence-corrected chi connectivity index (χ3v) is 2.26. The molecule has 1 rings (SSSR count). The van der Waals surface area contributed by atoms with Gasteiger partial charge in [0.2, 0.25) is 0 Å². The molecule has 0 atom stereocenters. The summed E-state index contributed by atoms with van der Waals surface area (Å²) in [6.07, 6.45) is -4.43. The molecular formula is C13H17F3N2O. The summed E-state index contributed by atoms with van der Waals surface area (Å²) >= 11 is 0. The summed E-state index contributed by atoms with van der Waals surface area (Å²) in [7, 11) is 0. The maximum absolute atomic E-state index is 12.8. The highest BCUT2D eigenvalue weighted by molar-refractivity contribution is 5.59. The molecule has 0 bridgehead atoms. The standard InChI is InChI=1S/C13H17F3N2O/c1-9(2)8-19-6-5-18-12-4-3-10(17)7-11(12)13(14,15)16/h3-4,7,18H,1,5-6,8,17H2,2H3. The van der Waals surface area contributed by atoms with Gasteiger partial charge in [-0.3, -0.25) is 0 Å². The summed E-state index contributed by atoms with van der Waals surface area (Å²) < 4.78 is 43.5. The van der Waals surface area contributed by atoms with Gasteiger partial charge in [0.15, 0.2) is 0 Å². The molecule has 0 aliphatic rings. The molecule has 0 heterocycles. The largest absolute Gasteiger partial charge is 0.418 e. The summed E-state index contributed by atoms with van der Waals surface area (Å²) in [5.41, 5.74) is 5.55. The highest BCUT2D eigenvalue weighted by atomic mass is 19.4. The van der Waals surface area contributed by atoms with Crippen molar-refractivity contribution < 1.29 is 17.9 Å². The number of nitrogens with one attached hydrogen (secondary N) is 1. The number of hydrogen-bond acceptors (Lipinski definition) is 3. The molecule has 0 fully saturated rings. The van der Waals surface area contributed by atoms with Crippen LogP contribution in [0, 0.1) is 0 Å². The number of nitrogen functional groups attached to an aromatic ring is 1. The van der Waals surface area contributed by atoms with Crippen molar-refractivity contribution in [3.63, 3.8) is 0 Å². The molecule has 1 aromatic carbocycles. The second kappa shape index (κ2) is 6.47. The molecule has 3 N–H and O–H groups in total. The number of halogens is 3. The van der Waals surface area contributed by atoms with Crippen LogP contribution >= 0.6 is 0 Å². The van der Waals surface area contributed by atoms with E-state index in [9.17, 15) is 13.2 Å². The first kappa shape index (κ1) is 15.4. The van der Waals surface area contributed by atoms with Crippen LogP contribution in [0.4, 0.5) is 24.5 Å². The van der Waals surface area contributed by atoms with E-state index in [1.165, 1.54) is 12.1 Å². The average molecular weight is 274 g/mol. The fourth-order valence-electron chi connectivity index (χ4n) is 1.45. The zero-order valence-corrected chi connectivity index (χ0v) is 10.7. The molecule has 0 aliphatic heterocycles. The molecule has 1 aromatic rings. The minimum Gasteiger partial charge on any atom is -0.399 e. The second-order valence-corrected chi connectivity index (χ2v) is 4.24. The van der Waals surface area contributed by atoms with Crippen LogP contribution in [0.1, 0.15) is 12.5 Å². The van der Waals surface area contributed by atoms with Gasteiger partial charge in [0, 0.05) is 17.9 Å². The van der Waals surface area contributed by atoms with Crippen molar-refractivity contribution >= 4 is 11.4 Å². The Morgan fingerprint density at radius 1 is 1.42 bits per heavy atom. The molecule has 19 heavy (non-hydrogen) atoms. The molecule has 0 aliphatic carbocycles. The highest BCUT2D eigenvalue weighted by Crippen LogP contribution is 2.35. The lowest BCUT2D eigenvalue weighted by molar-refractivity contribution is -0.136. The van der Waals surface area contributed by atoms with Crippen molar-refractivity contribution in [2.45, 2.75) is 13.1 Å². The van der Waals surface area contributed by atoms with Crippen LogP contribution < -0.4 is 11.1 Å². The maximum Gasteiger partial charge on any atom is 0.418 e. The molecule has 6 heteroatoms. The van der Waals surface area contributed by atoms with Crippen LogP contribution in [-0.2, 0) is 10.9 Å². The summed E-state index contributed by atoms with van der Waals surface area (Å²) in [6, 6.07) is 3.65. The Balaban J connectivity index is 2.61. The predicted molar refractivity (Wildman–Crippen MR) is 70.0 cm³/mol. The molecule has 0 saturated carbocycles. The minimum atomic E-state index is -4.43. The van der Waals surface area contributed by atoms with Crippen molar-refractivity contribution in [1.82, 2.24) is 0 Å². The van der Waals surface area contributed by atoms with Crippen molar-refractivity contribution in [1.29, 1.82) is 0 Å². The van der Waals surface area contributed by atoms with Crippen molar-refractivity contribution in [3.05, 3.63) is 35.9 Å². The summed E-state index contributed by atoms with van der Waals surface area (Å²) in [4.78, 5) is 0. The van der Waals surface area contributed by atoms with Crippen LogP contribution in [-0.4, -0.2) is 19.8 Å². The lowest BCUT2D eigenvalue weighted by Gasteiger charge is -2.15. The number of hydrogen-bond donors (Lipinski definition) is 2. The molecule has 106 valence electrons. The number of alkyl halides is 3. The minimum absolute atomic E-state index is 0.000579. The van der Waals surface area contributed by atoms with Gasteiger partial charge in [0.05, 0.1) is 18.8 Å². The van der Waals surface area contributed by atoms with Crippen molar-refractivity contribution in [3.8, 4) is 0 Å². The Morgan fingerprint density at radius 3 is 2.68 bits per heavy atom. The van der Waals surface area contributed by atoms with Gasteiger partial charge < -0.3 is 15.8 Å². The van der Waals surface area contributed by atoms with E-state index in [2.05, 4.69) is 11.9 Å². The van der Waals surface area contributed by atoms with Gasteiger partial charge >= 0.3 is 6.18 Å². The lowest BCUT2D eigenvalue weighted by atomic mass is 10.1. The van der Waals surface area contributed by atoms with E-state index in [1.807, 2.05) is 6.92 Å². The smallest absolute Gasteiger partial charge is 0.399 e. The third kappa shape index (κ3) is 5.21. The van der Waals surface area contributed by atoms with Crippen molar-refractivity contribution in [2.75, 3.05) is 30.8 Å². The van der Waals surface area contributed by atoms with Crippen LogP contribution in [0.5, 0.6) is 0 Å². The van der Waals surface area contributed by atoms with E-state index in [4.69, 9.17) is 10.5 Å². The zero-order valence-electron chi connectivity index (χ0n) is 10.7. The van der Waals surface area contributed by atoms with Crippen molar-refractivity contribution in [2.24, 2.45) is 0 Å². The monoisotopic (exact) mass is 274 g/mol. The topological polar surface area (TPSA) is 47.3 Å². The van der Waals surface area contributed by atoms with Gasteiger partial charge in [-0.05, 0) is 25.1 Å². The maximum atomic E-state index is 12.8. The SMILES string of the molecule is C=C(C)COCCNc1ccc(N)cc1C(F)(F)F. The molecule has 0 aromatic heterocycles. The van der Waals surface area contributed by atoms with E-state index in [0.717, 1.165) is 11.6 Å². The Morgan fingerprint density at radius 2 is 2.11 bits per heavy atom. The quantitative estimate of drug-likeness (QED) is 0.475. The van der Waals surface area contributed by atoms with Gasteiger partial charge in [-0.1, -0.05) is 12.2 Å². The molecular weight excluding hydrogens is 257 g/mol. The first-order valence-corrected chi connectivity index (χ1v) is 5.73. The molecule has 0 amide bonds. The normalized spacial score (nSPS) is 11.4. The third-order valence-electron chi connectivity index (χ3n) is 2.26. The van der Waals surface area contributed by atoms with Crippen LogP contribution in [0.15, 0.2) is 30.4 Å². The van der Waals surface area contributed by atoms with Gasteiger partial charge in [0.25, 0.3) is 0 Å². The van der Waals surface area contributed by atoms with E-state index in [0.29, 0.717) is 13.2 Å². The second-order valence-electron chi connectivity index (χ2n) is 4.24. The van der Waals surface area contributed by atoms with Crippen LogP contribution in [0.2, 0.25) is 0 Å². The summed E-state index contributed by atoms with van der Waals surface area (Å²) in [5.74, 6) is 0. The number of anilines is 2. The van der Waals surface area contributed by atoms with Gasteiger partial charge in [-0.25, -0.2) is 0 Å². The molecule has 0 radical (unpaired) electrons. The average Bonchev–Trinajstić information content (AvgIpc) is 2.28. The Labute approximate surface area is 110 Å². The Bertz CT molecular complexity index is 444. The van der Waals surface area contributed by atoms with E-state index in [1.54, 1.807) is 0 Å². The predicted octanol–water partition coefficient (Wildman–Crippen LogP) is 3.29. The van der Waals surface area contributed by atoms with E-state index >= 15 is 0 Å². The molecule has 3 nitrogen and oxygen atoms in total.